The molecule has 0 aliphatic rings. The van der Waals surface area contributed by atoms with Crippen LogP contribution in [0, 0.1) is 0 Å². The standard InChI is InChI=1S/C50H31N5O/c1-3-16-32(17-4-1)49-51-52-50(33-18-5-2-6-19-33)55(49)43-28-15-27-42-46(43)36-21-8-11-24-39(36)53(42)40-25-12-13-26-41(40)54-38-23-10-7-20-34(38)35-30-31-45-47(48(35)54)37-22-9-14-29-44(37)56-45/h1-31H. The molecule has 262 valence electrons. The van der Waals surface area contributed by atoms with E-state index in [2.05, 4.69) is 184 Å². The normalized spacial score (nSPS) is 11.9. The Morgan fingerprint density at radius 2 is 0.857 bits per heavy atom. The molecule has 0 aliphatic carbocycles. The van der Waals surface area contributed by atoms with Crippen molar-refractivity contribution < 1.29 is 4.42 Å². The molecular weight excluding hydrogens is 687 g/mol. The lowest BCUT2D eigenvalue weighted by Crippen LogP contribution is -2.04. The maximum absolute atomic E-state index is 6.47. The van der Waals surface area contributed by atoms with Crippen molar-refractivity contribution in [2.24, 2.45) is 0 Å². The van der Waals surface area contributed by atoms with E-state index >= 15 is 0 Å². The van der Waals surface area contributed by atoms with Gasteiger partial charge in [-0.25, -0.2) is 0 Å². The molecule has 4 heterocycles. The number of nitrogens with zero attached hydrogens (tertiary/aromatic N) is 5. The second-order valence-electron chi connectivity index (χ2n) is 14.2. The largest absolute Gasteiger partial charge is 0.456 e. The van der Waals surface area contributed by atoms with Crippen LogP contribution in [0.1, 0.15) is 0 Å². The fourth-order valence-electron chi connectivity index (χ4n) is 8.86. The Bertz CT molecular complexity index is 3420. The molecule has 6 nitrogen and oxygen atoms in total. The van der Waals surface area contributed by atoms with E-state index in [0.29, 0.717) is 0 Å². The smallest absolute Gasteiger partial charge is 0.168 e. The highest BCUT2D eigenvalue weighted by molar-refractivity contribution is 6.24. The van der Waals surface area contributed by atoms with E-state index in [1.54, 1.807) is 0 Å². The quantitative estimate of drug-likeness (QED) is 0.178. The van der Waals surface area contributed by atoms with Crippen molar-refractivity contribution in [3.63, 3.8) is 0 Å². The maximum atomic E-state index is 6.47. The molecule has 0 radical (unpaired) electrons. The molecule has 0 unspecified atom stereocenters. The summed E-state index contributed by atoms with van der Waals surface area (Å²) < 4.78 is 13.6. The minimum absolute atomic E-state index is 0.788. The van der Waals surface area contributed by atoms with Gasteiger partial charge >= 0.3 is 0 Å². The predicted molar refractivity (Wildman–Crippen MR) is 228 cm³/mol. The van der Waals surface area contributed by atoms with E-state index in [4.69, 9.17) is 14.6 Å². The Labute approximate surface area is 320 Å². The van der Waals surface area contributed by atoms with Crippen molar-refractivity contribution in [1.29, 1.82) is 0 Å². The number of furan rings is 1. The van der Waals surface area contributed by atoms with E-state index in [-0.39, 0.29) is 0 Å². The van der Waals surface area contributed by atoms with Gasteiger partial charge in [-0.1, -0.05) is 133 Å². The van der Waals surface area contributed by atoms with E-state index in [9.17, 15) is 0 Å². The van der Waals surface area contributed by atoms with Crippen molar-refractivity contribution >= 4 is 65.6 Å². The molecule has 8 aromatic carbocycles. The summed E-state index contributed by atoms with van der Waals surface area (Å²) in [6.45, 7) is 0. The first kappa shape index (κ1) is 30.7. The first-order chi connectivity index (χ1) is 27.8. The van der Waals surface area contributed by atoms with Crippen LogP contribution in [0.25, 0.3) is 105 Å². The van der Waals surface area contributed by atoms with Crippen molar-refractivity contribution in [2.45, 2.75) is 0 Å². The molecule has 0 atom stereocenters. The third-order valence-corrected chi connectivity index (χ3v) is 11.2. The molecule has 0 saturated carbocycles. The highest BCUT2D eigenvalue weighted by atomic mass is 16.3. The van der Waals surface area contributed by atoms with Crippen LogP contribution in [0.4, 0.5) is 0 Å². The van der Waals surface area contributed by atoms with Crippen LogP contribution in [-0.2, 0) is 0 Å². The molecular formula is C50H31N5O. The van der Waals surface area contributed by atoms with Gasteiger partial charge in [0.25, 0.3) is 0 Å². The van der Waals surface area contributed by atoms with Crippen LogP contribution >= 0.6 is 0 Å². The van der Waals surface area contributed by atoms with Crippen molar-refractivity contribution in [2.75, 3.05) is 0 Å². The van der Waals surface area contributed by atoms with E-state index in [0.717, 1.165) is 94.6 Å². The number of hydrogen-bond donors (Lipinski definition) is 0. The summed E-state index contributed by atoms with van der Waals surface area (Å²) in [6, 6.07) is 66.1. The Morgan fingerprint density at radius 3 is 1.57 bits per heavy atom. The average Bonchev–Trinajstić information content (AvgIpc) is 4.04. The van der Waals surface area contributed by atoms with Crippen molar-refractivity contribution in [3.8, 4) is 39.8 Å². The third-order valence-electron chi connectivity index (χ3n) is 11.2. The zero-order chi connectivity index (χ0) is 36.7. The fraction of sp³-hybridized carbons (Fsp3) is 0. The van der Waals surface area contributed by atoms with Gasteiger partial charge in [-0.3, -0.25) is 4.57 Å². The summed E-state index contributed by atoms with van der Waals surface area (Å²) >= 11 is 0. The summed E-state index contributed by atoms with van der Waals surface area (Å²) in [6.07, 6.45) is 0. The average molecular weight is 718 g/mol. The SMILES string of the molecule is c1ccc(-c2nnc(-c3ccccc3)n2-c2cccc3c2c2ccccc2n3-c2ccccc2-n2c3ccccc3c3ccc4oc5ccccc5c4c32)cc1. The van der Waals surface area contributed by atoms with Crippen LogP contribution in [-0.4, -0.2) is 23.9 Å². The second-order valence-corrected chi connectivity index (χ2v) is 14.2. The Balaban J connectivity index is 1.20. The zero-order valence-corrected chi connectivity index (χ0v) is 30.0. The fourth-order valence-corrected chi connectivity index (χ4v) is 8.86. The molecule has 0 fully saturated rings. The lowest BCUT2D eigenvalue weighted by atomic mass is 10.1. The molecule has 0 aliphatic heterocycles. The molecule has 0 amide bonds. The van der Waals surface area contributed by atoms with Crippen molar-refractivity contribution in [3.05, 3.63) is 188 Å². The minimum atomic E-state index is 0.788. The van der Waals surface area contributed by atoms with Crippen LogP contribution < -0.4 is 0 Å². The lowest BCUT2D eigenvalue weighted by Gasteiger charge is -2.17. The molecule has 4 aromatic heterocycles. The lowest BCUT2D eigenvalue weighted by molar-refractivity contribution is 0.669. The molecule has 6 heteroatoms. The van der Waals surface area contributed by atoms with Gasteiger partial charge in [-0.2, -0.15) is 0 Å². The van der Waals surface area contributed by atoms with Gasteiger partial charge in [0.1, 0.15) is 11.2 Å². The number of benzene rings is 8. The van der Waals surface area contributed by atoms with E-state index in [1.807, 2.05) is 18.2 Å². The van der Waals surface area contributed by atoms with Gasteiger partial charge in [-0.15, -0.1) is 10.2 Å². The zero-order valence-electron chi connectivity index (χ0n) is 30.0. The van der Waals surface area contributed by atoms with Crippen LogP contribution in [0.2, 0.25) is 0 Å². The minimum Gasteiger partial charge on any atom is -0.456 e. The molecule has 12 rings (SSSR count). The topological polar surface area (TPSA) is 53.7 Å². The van der Waals surface area contributed by atoms with Gasteiger partial charge < -0.3 is 13.6 Å². The third kappa shape index (κ3) is 4.32. The summed E-state index contributed by atoms with van der Waals surface area (Å²) in [5, 5.41) is 16.5. The van der Waals surface area contributed by atoms with Gasteiger partial charge in [0.2, 0.25) is 0 Å². The summed E-state index contributed by atoms with van der Waals surface area (Å²) in [4.78, 5) is 0. The number of hydrogen-bond acceptors (Lipinski definition) is 3. The predicted octanol–water partition coefficient (Wildman–Crippen LogP) is 12.7. The highest BCUT2D eigenvalue weighted by Crippen LogP contribution is 2.44. The van der Waals surface area contributed by atoms with Gasteiger partial charge in [0.15, 0.2) is 11.6 Å². The second kappa shape index (κ2) is 11.9. The molecule has 0 N–H and O–H groups in total. The number of fused-ring (bicyclic) bond motifs is 10. The van der Waals surface area contributed by atoms with E-state index < -0.39 is 0 Å². The monoisotopic (exact) mass is 717 g/mol. The Morgan fingerprint density at radius 1 is 0.321 bits per heavy atom. The first-order valence-electron chi connectivity index (χ1n) is 18.9. The van der Waals surface area contributed by atoms with Crippen molar-refractivity contribution in [1.82, 2.24) is 23.9 Å². The Kier molecular flexibility index (Phi) is 6.53. The maximum Gasteiger partial charge on any atom is 0.168 e. The Hall–Kier alpha value is -7.70. The number of para-hydroxylation sites is 5. The molecule has 0 bridgehead atoms. The number of aromatic nitrogens is 5. The molecule has 56 heavy (non-hydrogen) atoms. The first-order valence-corrected chi connectivity index (χ1v) is 18.9. The summed E-state index contributed by atoms with van der Waals surface area (Å²) in [5.74, 6) is 1.58. The summed E-state index contributed by atoms with van der Waals surface area (Å²) in [5.41, 5.74) is 11.4. The van der Waals surface area contributed by atoms with Gasteiger partial charge in [-0.05, 0) is 54.6 Å². The van der Waals surface area contributed by atoms with Crippen LogP contribution in [0.15, 0.2) is 192 Å². The van der Waals surface area contributed by atoms with Gasteiger partial charge in [0, 0.05) is 38.1 Å². The molecule has 0 saturated heterocycles. The molecule has 0 spiro atoms. The highest BCUT2D eigenvalue weighted by Gasteiger charge is 2.25. The molecule has 12 aromatic rings. The number of rotatable bonds is 5. The summed E-state index contributed by atoms with van der Waals surface area (Å²) in [7, 11) is 0. The van der Waals surface area contributed by atoms with Crippen LogP contribution in [0.5, 0.6) is 0 Å². The van der Waals surface area contributed by atoms with Crippen LogP contribution in [0.3, 0.4) is 0 Å². The van der Waals surface area contributed by atoms with Gasteiger partial charge in [0.05, 0.1) is 44.5 Å². The van der Waals surface area contributed by atoms with E-state index in [1.165, 1.54) is 10.8 Å².